The number of nitrogens with two attached hydrogens (primary N) is 1. The van der Waals surface area contributed by atoms with Crippen molar-refractivity contribution in [3.05, 3.63) is 34.6 Å². The Bertz CT molecular complexity index is 810. The van der Waals surface area contributed by atoms with E-state index in [1.165, 1.54) is 0 Å². The van der Waals surface area contributed by atoms with Gasteiger partial charge in [0.2, 0.25) is 5.91 Å². The first-order chi connectivity index (χ1) is 13.0. The van der Waals surface area contributed by atoms with Crippen molar-refractivity contribution in [3.8, 4) is 5.13 Å². The summed E-state index contributed by atoms with van der Waals surface area (Å²) in [6, 6.07) is 1.97. The fraction of sp³-hybridized carbons (Fsp3) is 0.526. The number of thiazole rings is 1. The minimum absolute atomic E-state index is 0. The summed E-state index contributed by atoms with van der Waals surface area (Å²) in [5, 5.41) is 5.72. The lowest BCUT2D eigenvalue weighted by Gasteiger charge is -2.36. The molecule has 0 aliphatic carbocycles. The van der Waals surface area contributed by atoms with Gasteiger partial charge >= 0.3 is 0 Å². The Morgan fingerprint density at radius 2 is 2.07 bits per heavy atom. The third kappa shape index (κ3) is 5.72. The van der Waals surface area contributed by atoms with Crippen LogP contribution in [0.15, 0.2) is 17.6 Å². The average Bonchev–Trinajstić information content (AvgIpc) is 3.27. The number of hydrogen-bond acceptors (Lipinski definition) is 5. The molecule has 3 heterocycles. The maximum absolute atomic E-state index is 13.3. The molecule has 0 aromatic carbocycles. The highest BCUT2D eigenvalue weighted by Crippen LogP contribution is 2.26. The fourth-order valence-corrected chi connectivity index (χ4v) is 4.44. The highest BCUT2D eigenvalue weighted by atomic mass is 35.5. The Kier molecular flexibility index (Phi) is 10.1. The van der Waals surface area contributed by atoms with Gasteiger partial charge in [-0.15, -0.1) is 36.2 Å². The van der Waals surface area contributed by atoms with Crippen LogP contribution in [0.1, 0.15) is 47.4 Å². The van der Waals surface area contributed by atoms with Crippen LogP contribution in [0.4, 0.5) is 0 Å². The monoisotopic (exact) mass is 461 g/mol. The minimum Gasteiger partial charge on any atom is -0.354 e. The first kappa shape index (κ1) is 25.4. The van der Waals surface area contributed by atoms with Crippen LogP contribution >= 0.6 is 36.2 Å². The van der Waals surface area contributed by atoms with Gasteiger partial charge in [0, 0.05) is 55.1 Å². The topological polar surface area (TPSA) is 93.3 Å². The van der Waals surface area contributed by atoms with Crippen LogP contribution in [0, 0.1) is 13.8 Å². The molecule has 1 fully saturated rings. The van der Waals surface area contributed by atoms with E-state index in [0.29, 0.717) is 25.1 Å². The molecule has 29 heavy (non-hydrogen) atoms. The number of amides is 2. The molecule has 0 spiro atoms. The van der Waals surface area contributed by atoms with E-state index in [0.717, 1.165) is 42.3 Å². The highest BCUT2D eigenvalue weighted by molar-refractivity contribution is 7.12. The summed E-state index contributed by atoms with van der Waals surface area (Å²) in [5.74, 6) is -0.0268. The molecule has 1 saturated heterocycles. The Morgan fingerprint density at radius 3 is 2.72 bits per heavy atom. The molecule has 1 atom stereocenters. The third-order valence-electron chi connectivity index (χ3n) is 5.07. The van der Waals surface area contributed by atoms with Gasteiger partial charge in [0.05, 0.1) is 5.56 Å². The maximum atomic E-state index is 13.3. The second-order valence-corrected chi connectivity index (χ2v) is 7.80. The molecule has 1 unspecified atom stereocenters. The van der Waals surface area contributed by atoms with E-state index < -0.39 is 0 Å². The highest BCUT2D eigenvalue weighted by Gasteiger charge is 2.30. The van der Waals surface area contributed by atoms with Crippen LogP contribution in [0.25, 0.3) is 5.13 Å². The van der Waals surface area contributed by atoms with Gasteiger partial charge in [0.15, 0.2) is 5.13 Å². The first-order valence-corrected chi connectivity index (χ1v) is 10.3. The lowest BCUT2D eigenvalue weighted by atomic mass is 10.0. The van der Waals surface area contributed by atoms with Gasteiger partial charge in [-0.05, 0) is 39.2 Å². The summed E-state index contributed by atoms with van der Waals surface area (Å²) >= 11 is 1.55. The molecule has 1 aliphatic rings. The largest absolute Gasteiger partial charge is 0.354 e. The van der Waals surface area contributed by atoms with Crippen LogP contribution in [0.5, 0.6) is 0 Å². The smallest absolute Gasteiger partial charge is 0.256 e. The number of carbonyl (C=O) groups is 2. The average molecular weight is 462 g/mol. The lowest BCUT2D eigenvalue weighted by molar-refractivity contribution is -0.121. The molecule has 1 aliphatic heterocycles. The van der Waals surface area contributed by atoms with Gasteiger partial charge < -0.3 is 16.0 Å². The zero-order chi connectivity index (χ0) is 19.4. The number of carbonyl (C=O) groups excluding carboxylic acids is 2. The molecule has 0 radical (unpaired) electrons. The standard InChI is InChI=1S/C19H27N5O2S.2ClH/c1-13-11-16(14(2)24(13)19-21-8-10-27-19)18(26)23-9-4-3-5-15(23)12-22-17(25)6-7-20;;/h8,10-11,15H,3-7,9,12,20H2,1-2H3,(H,22,25);2*1H. The number of aromatic nitrogens is 2. The number of nitrogens with one attached hydrogen (secondary N) is 1. The maximum Gasteiger partial charge on any atom is 0.256 e. The van der Waals surface area contributed by atoms with Gasteiger partial charge in [0.25, 0.3) is 5.91 Å². The van der Waals surface area contributed by atoms with E-state index in [-0.39, 0.29) is 42.7 Å². The molecular formula is C19H29Cl2N5O2S. The van der Waals surface area contributed by atoms with Crippen LogP contribution in [0.2, 0.25) is 0 Å². The van der Waals surface area contributed by atoms with Crippen molar-refractivity contribution in [2.24, 2.45) is 5.73 Å². The number of likely N-dealkylation sites (tertiary alicyclic amines) is 1. The molecule has 0 bridgehead atoms. The molecule has 162 valence electrons. The Labute approximate surface area is 187 Å². The number of rotatable bonds is 6. The van der Waals surface area contributed by atoms with Crippen molar-refractivity contribution in [2.75, 3.05) is 19.6 Å². The molecule has 3 N–H and O–H groups in total. The predicted octanol–water partition coefficient (Wildman–Crippen LogP) is 2.85. The zero-order valence-electron chi connectivity index (χ0n) is 16.7. The van der Waals surface area contributed by atoms with Crippen LogP contribution < -0.4 is 11.1 Å². The Balaban J connectivity index is 0.00000210. The molecule has 2 amide bonds. The van der Waals surface area contributed by atoms with Crippen molar-refractivity contribution in [3.63, 3.8) is 0 Å². The Hall–Kier alpha value is -1.61. The Morgan fingerprint density at radius 1 is 1.31 bits per heavy atom. The number of hydrogen-bond donors (Lipinski definition) is 2. The van der Waals surface area contributed by atoms with Gasteiger partial charge in [-0.2, -0.15) is 0 Å². The summed E-state index contributed by atoms with van der Waals surface area (Å²) in [4.78, 5) is 31.4. The van der Waals surface area contributed by atoms with Gasteiger partial charge in [-0.1, -0.05) is 0 Å². The van der Waals surface area contributed by atoms with Crippen molar-refractivity contribution >= 4 is 48.0 Å². The third-order valence-corrected chi connectivity index (χ3v) is 5.82. The molecule has 10 heteroatoms. The zero-order valence-corrected chi connectivity index (χ0v) is 19.2. The summed E-state index contributed by atoms with van der Waals surface area (Å²) in [6.45, 7) is 5.49. The molecule has 3 rings (SSSR count). The number of nitrogens with zero attached hydrogens (tertiary/aromatic N) is 3. The predicted molar refractivity (Wildman–Crippen MR) is 121 cm³/mol. The quantitative estimate of drug-likeness (QED) is 0.691. The minimum atomic E-state index is -0.0579. The van der Waals surface area contributed by atoms with Crippen molar-refractivity contribution in [1.82, 2.24) is 19.8 Å². The summed E-state index contributed by atoms with van der Waals surface area (Å²) < 4.78 is 2.03. The molecule has 2 aromatic rings. The first-order valence-electron chi connectivity index (χ1n) is 9.39. The van der Waals surface area contributed by atoms with Crippen molar-refractivity contribution < 1.29 is 9.59 Å². The van der Waals surface area contributed by atoms with E-state index in [9.17, 15) is 9.59 Å². The van der Waals surface area contributed by atoms with Crippen LogP contribution in [0.3, 0.4) is 0 Å². The van der Waals surface area contributed by atoms with E-state index in [2.05, 4.69) is 10.3 Å². The molecular weight excluding hydrogens is 433 g/mol. The van der Waals surface area contributed by atoms with Gasteiger partial charge in [-0.25, -0.2) is 4.98 Å². The second-order valence-electron chi connectivity index (χ2n) is 6.93. The summed E-state index contributed by atoms with van der Waals surface area (Å²) in [6.07, 6.45) is 5.05. The molecule has 0 saturated carbocycles. The molecule has 7 nitrogen and oxygen atoms in total. The SMILES string of the molecule is Cc1cc(C(=O)N2CCCCC2CNC(=O)CCN)c(C)n1-c1nccs1.Cl.Cl. The number of piperidine rings is 1. The van der Waals surface area contributed by atoms with Crippen LogP contribution in [-0.4, -0.2) is 51.9 Å². The van der Waals surface area contributed by atoms with Crippen molar-refractivity contribution in [2.45, 2.75) is 45.6 Å². The van der Waals surface area contributed by atoms with Crippen LogP contribution in [-0.2, 0) is 4.79 Å². The van der Waals surface area contributed by atoms with E-state index in [1.807, 2.05) is 34.8 Å². The fourth-order valence-electron chi connectivity index (χ4n) is 3.69. The van der Waals surface area contributed by atoms with Crippen molar-refractivity contribution in [1.29, 1.82) is 0 Å². The van der Waals surface area contributed by atoms with E-state index in [1.54, 1.807) is 17.5 Å². The summed E-state index contributed by atoms with van der Waals surface area (Å²) in [5.41, 5.74) is 8.04. The summed E-state index contributed by atoms with van der Waals surface area (Å²) in [7, 11) is 0. The van der Waals surface area contributed by atoms with Gasteiger partial charge in [0.1, 0.15) is 0 Å². The molecule has 2 aromatic heterocycles. The second kappa shape index (κ2) is 11.5. The van der Waals surface area contributed by atoms with E-state index in [4.69, 9.17) is 5.73 Å². The lowest BCUT2D eigenvalue weighted by Crippen LogP contribution is -2.49. The van der Waals surface area contributed by atoms with E-state index >= 15 is 0 Å². The normalized spacial score (nSPS) is 16.0. The number of aryl methyl sites for hydroxylation is 1. The van der Waals surface area contributed by atoms with Gasteiger partial charge in [-0.3, -0.25) is 14.2 Å². The number of halogens is 2.